The van der Waals surface area contributed by atoms with Crippen molar-refractivity contribution in [2.24, 2.45) is 5.41 Å². The Hall–Kier alpha value is -2.75. The van der Waals surface area contributed by atoms with Crippen LogP contribution >= 0.6 is 11.6 Å². The van der Waals surface area contributed by atoms with Crippen molar-refractivity contribution in [3.8, 4) is 5.69 Å². The molecule has 0 saturated carbocycles. The third-order valence-electron chi connectivity index (χ3n) is 7.88. The molecule has 3 aromatic rings. The summed E-state index contributed by atoms with van der Waals surface area (Å²) in [6, 6.07) is 10.1. The van der Waals surface area contributed by atoms with Crippen molar-refractivity contribution in [1.82, 2.24) is 24.6 Å². The molecule has 1 spiro atoms. The quantitative estimate of drug-likeness (QED) is 0.534. The van der Waals surface area contributed by atoms with Crippen molar-refractivity contribution in [2.45, 2.75) is 32.6 Å². The third-order valence-corrected chi connectivity index (χ3v) is 8.11. The van der Waals surface area contributed by atoms with Gasteiger partial charge in [0, 0.05) is 55.4 Å². The van der Waals surface area contributed by atoms with Gasteiger partial charge in [0.15, 0.2) is 11.5 Å². The van der Waals surface area contributed by atoms with Gasteiger partial charge in [0.25, 0.3) is 0 Å². The van der Waals surface area contributed by atoms with Crippen molar-refractivity contribution >= 4 is 23.4 Å². The second-order valence-electron chi connectivity index (χ2n) is 11.1. The van der Waals surface area contributed by atoms with E-state index in [9.17, 15) is 4.39 Å². The Labute approximate surface area is 214 Å². The molecule has 7 rings (SSSR count). The van der Waals surface area contributed by atoms with Crippen LogP contribution in [0.25, 0.3) is 5.69 Å². The summed E-state index contributed by atoms with van der Waals surface area (Å²) in [5.41, 5.74) is 3.30. The number of hydrogen-bond donors (Lipinski definition) is 0. The van der Waals surface area contributed by atoms with Gasteiger partial charge in [-0.15, -0.1) is 10.2 Å². The van der Waals surface area contributed by atoms with Crippen LogP contribution in [0.3, 0.4) is 0 Å². The van der Waals surface area contributed by atoms with Gasteiger partial charge in [-0.05, 0) is 49.2 Å². The lowest BCUT2D eigenvalue weighted by Gasteiger charge is -2.60. The molecule has 2 aromatic heterocycles. The highest BCUT2D eigenvalue weighted by Crippen LogP contribution is 2.44. The number of pyridine rings is 1. The summed E-state index contributed by atoms with van der Waals surface area (Å²) < 4.78 is 22.2. The Bertz CT molecular complexity index is 1340. The van der Waals surface area contributed by atoms with Gasteiger partial charge in [-0.2, -0.15) is 0 Å². The first-order chi connectivity index (χ1) is 17.3. The molecule has 3 fully saturated rings. The molecular formula is C26H29ClFN7O. The summed E-state index contributed by atoms with van der Waals surface area (Å²) >= 11 is 6.37. The lowest BCUT2D eigenvalue weighted by Crippen LogP contribution is -2.73. The molecule has 36 heavy (non-hydrogen) atoms. The van der Waals surface area contributed by atoms with E-state index >= 15 is 0 Å². The summed E-state index contributed by atoms with van der Waals surface area (Å²) in [6.07, 6.45) is 0. The minimum absolute atomic E-state index is 0.147. The molecule has 10 heteroatoms. The number of halogens is 2. The highest BCUT2D eigenvalue weighted by atomic mass is 35.5. The molecule has 8 nitrogen and oxygen atoms in total. The number of anilines is 2. The van der Waals surface area contributed by atoms with Crippen LogP contribution in [-0.2, 0) is 17.8 Å². The molecule has 1 aromatic carbocycles. The van der Waals surface area contributed by atoms with Gasteiger partial charge in [-0.25, -0.2) is 9.37 Å². The number of fused-ring (bicyclic) bond motifs is 3. The highest BCUT2D eigenvalue weighted by Gasteiger charge is 2.53. The first kappa shape index (κ1) is 22.4. The molecule has 6 heterocycles. The number of nitrogens with zero attached hydrogens (tertiary/aromatic N) is 7. The first-order valence-corrected chi connectivity index (χ1v) is 12.8. The van der Waals surface area contributed by atoms with Crippen LogP contribution in [0, 0.1) is 19.3 Å². The zero-order valence-electron chi connectivity index (χ0n) is 20.5. The van der Waals surface area contributed by atoms with Crippen LogP contribution in [0.15, 0.2) is 30.3 Å². The topological polar surface area (TPSA) is 62.6 Å². The van der Waals surface area contributed by atoms with E-state index in [1.54, 1.807) is 0 Å². The molecule has 3 saturated heterocycles. The molecule has 0 bridgehead atoms. The second kappa shape index (κ2) is 7.87. The van der Waals surface area contributed by atoms with Crippen molar-refractivity contribution in [2.75, 3.05) is 55.7 Å². The lowest BCUT2D eigenvalue weighted by molar-refractivity contribution is -0.142. The molecule has 0 amide bonds. The van der Waals surface area contributed by atoms with Crippen molar-refractivity contribution in [1.29, 1.82) is 0 Å². The molecule has 0 radical (unpaired) electrons. The summed E-state index contributed by atoms with van der Waals surface area (Å²) in [7, 11) is 0. The number of alkyl halides is 1. The first-order valence-electron chi connectivity index (χ1n) is 12.5. The fraction of sp³-hybridized carbons (Fsp3) is 0.500. The van der Waals surface area contributed by atoms with Crippen molar-refractivity contribution in [3.05, 3.63) is 58.0 Å². The number of benzene rings is 1. The molecule has 4 aliphatic heterocycles. The average molecular weight is 510 g/mol. The summed E-state index contributed by atoms with van der Waals surface area (Å²) in [4.78, 5) is 11.6. The van der Waals surface area contributed by atoms with Crippen molar-refractivity contribution in [3.63, 3.8) is 0 Å². The zero-order valence-corrected chi connectivity index (χ0v) is 21.3. The molecule has 188 valence electrons. The predicted octanol–water partition coefficient (Wildman–Crippen LogP) is 3.31. The Morgan fingerprint density at radius 3 is 2.53 bits per heavy atom. The summed E-state index contributed by atoms with van der Waals surface area (Å²) in [6.45, 7) is 9.76. The van der Waals surface area contributed by atoms with Gasteiger partial charge >= 0.3 is 0 Å². The van der Waals surface area contributed by atoms with Gasteiger partial charge in [-0.3, -0.25) is 9.47 Å². The molecule has 0 unspecified atom stereocenters. The number of hydrogen-bond acceptors (Lipinski definition) is 7. The maximum Gasteiger partial charge on any atom is 0.231 e. The maximum absolute atomic E-state index is 14.9. The standard InChI is InChI=1S/C26H29ClFN7O/c1-17-3-4-18(2)29-23(17)33-10-25(11-33)12-34(13-25)24-31-30-22-9-32(14-26(28)15-36-16-26)8-19-7-20(27)5-6-21(19)35(22)24/h3-7H,8-16H2,1-2H3. The zero-order chi connectivity index (χ0) is 24.7. The monoisotopic (exact) mass is 509 g/mol. The Morgan fingerprint density at radius 2 is 1.78 bits per heavy atom. The maximum atomic E-state index is 14.9. The summed E-state index contributed by atoms with van der Waals surface area (Å²) in [5.74, 6) is 2.78. The van der Waals surface area contributed by atoms with E-state index in [1.807, 2.05) is 25.1 Å². The van der Waals surface area contributed by atoms with Crippen LogP contribution < -0.4 is 9.80 Å². The van der Waals surface area contributed by atoms with E-state index < -0.39 is 5.67 Å². The number of ether oxygens (including phenoxy) is 1. The molecular weight excluding hydrogens is 481 g/mol. The van der Waals surface area contributed by atoms with Gasteiger partial charge in [-0.1, -0.05) is 17.7 Å². The molecule has 0 atom stereocenters. The van der Waals surface area contributed by atoms with Gasteiger partial charge in [0.05, 0.1) is 25.4 Å². The fourth-order valence-electron chi connectivity index (χ4n) is 6.13. The van der Waals surface area contributed by atoms with Crippen LogP contribution in [-0.4, -0.2) is 76.3 Å². The van der Waals surface area contributed by atoms with E-state index in [-0.39, 0.29) is 18.6 Å². The minimum Gasteiger partial charge on any atom is -0.375 e. The van der Waals surface area contributed by atoms with Crippen LogP contribution in [0.1, 0.15) is 22.6 Å². The van der Waals surface area contributed by atoms with E-state index in [1.165, 1.54) is 5.56 Å². The van der Waals surface area contributed by atoms with Gasteiger partial charge in [0.1, 0.15) is 5.82 Å². The van der Waals surface area contributed by atoms with Gasteiger partial charge < -0.3 is 14.5 Å². The lowest BCUT2D eigenvalue weighted by atomic mass is 9.73. The van der Waals surface area contributed by atoms with Crippen LogP contribution in [0.2, 0.25) is 5.02 Å². The van der Waals surface area contributed by atoms with Gasteiger partial charge in [0.2, 0.25) is 5.95 Å². The molecule has 0 aliphatic carbocycles. The molecule has 4 aliphatic rings. The Balaban J connectivity index is 1.13. The third kappa shape index (κ3) is 3.59. The normalized spacial score (nSPS) is 21.8. The second-order valence-corrected chi connectivity index (χ2v) is 11.6. The largest absolute Gasteiger partial charge is 0.375 e. The highest BCUT2D eigenvalue weighted by molar-refractivity contribution is 6.30. The number of rotatable bonds is 4. The average Bonchev–Trinajstić information content (AvgIpc) is 3.09. The van der Waals surface area contributed by atoms with E-state index in [0.29, 0.717) is 24.7 Å². The van der Waals surface area contributed by atoms with Crippen LogP contribution in [0.5, 0.6) is 0 Å². The Morgan fingerprint density at radius 1 is 1.00 bits per heavy atom. The fourth-order valence-corrected chi connectivity index (χ4v) is 6.33. The smallest absolute Gasteiger partial charge is 0.231 e. The van der Waals surface area contributed by atoms with E-state index in [4.69, 9.17) is 21.3 Å². The SMILES string of the molecule is Cc1ccc(C)c(N2CC3(C2)CN(c2nnc4n2-c2ccc(Cl)cc2CN(CC2(F)COC2)C4)C3)n1. The van der Waals surface area contributed by atoms with Crippen LogP contribution in [0.4, 0.5) is 16.2 Å². The van der Waals surface area contributed by atoms with Crippen molar-refractivity contribution < 1.29 is 9.13 Å². The summed E-state index contributed by atoms with van der Waals surface area (Å²) in [5, 5.41) is 9.84. The predicted molar refractivity (Wildman–Crippen MR) is 136 cm³/mol. The molecule has 0 N–H and O–H groups in total. The van der Waals surface area contributed by atoms with E-state index in [2.05, 4.69) is 48.5 Å². The number of aromatic nitrogens is 4. The number of aryl methyl sites for hydroxylation is 2. The Kier molecular flexibility index (Phi) is 4.91. The van der Waals surface area contributed by atoms with E-state index in [0.717, 1.165) is 60.7 Å². The minimum atomic E-state index is -1.30.